The Morgan fingerprint density at radius 3 is 2.64 bits per heavy atom. The van der Waals surface area contributed by atoms with Crippen molar-refractivity contribution in [2.24, 2.45) is 0 Å². The van der Waals surface area contributed by atoms with Crippen molar-refractivity contribution >= 4 is 0 Å². The van der Waals surface area contributed by atoms with Crippen LogP contribution < -0.4 is 0 Å². The zero-order valence-corrected chi connectivity index (χ0v) is 6.50. The second kappa shape index (κ2) is 4.64. The molecule has 0 aromatic carbocycles. The lowest BCUT2D eigenvalue weighted by Gasteiger charge is -2.27. The number of alkyl halides is 1. The fourth-order valence-electron chi connectivity index (χ4n) is 1.12. The highest BCUT2D eigenvalue weighted by Gasteiger charge is 2.14. The predicted octanol–water partition coefficient (Wildman–Crippen LogP) is -0.351. The van der Waals surface area contributed by atoms with Crippen molar-refractivity contribution in [1.29, 1.82) is 0 Å². The number of nitrogens with zero attached hydrogens (tertiary/aromatic N) is 1. The number of rotatable bonds is 3. The summed E-state index contributed by atoms with van der Waals surface area (Å²) in [4.78, 5) is 1.96. The van der Waals surface area contributed by atoms with Gasteiger partial charge in [-0.3, -0.25) is 4.90 Å². The number of halogens is 1. The first-order valence-electron chi connectivity index (χ1n) is 3.88. The summed E-state index contributed by atoms with van der Waals surface area (Å²) in [5.74, 6) is 0. The fraction of sp³-hybridized carbons (Fsp3) is 1.00. The molecule has 1 rings (SSSR count). The van der Waals surface area contributed by atoms with Crippen LogP contribution in [0.25, 0.3) is 0 Å². The van der Waals surface area contributed by atoms with Crippen LogP contribution in [-0.4, -0.2) is 55.6 Å². The van der Waals surface area contributed by atoms with Gasteiger partial charge in [-0.2, -0.15) is 0 Å². The molecule has 0 bridgehead atoms. The molecule has 1 atom stereocenters. The summed E-state index contributed by atoms with van der Waals surface area (Å²) in [5.41, 5.74) is 0. The van der Waals surface area contributed by atoms with Gasteiger partial charge in [-0.15, -0.1) is 0 Å². The summed E-state index contributed by atoms with van der Waals surface area (Å²) in [6, 6.07) is 0. The van der Waals surface area contributed by atoms with E-state index in [1.807, 2.05) is 4.90 Å². The van der Waals surface area contributed by atoms with Crippen LogP contribution in [0.2, 0.25) is 0 Å². The van der Waals surface area contributed by atoms with Gasteiger partial charge < -0.3 is 9.84 Å². The average Bonchev–Trinajstić information content (AvgIpc) is 2.06. The first-order valence-corrected chi connectivity index (χ1v) is 3.88. The van der Waals surface area contributed by atoms with Crippen molar-refractivity contribution in [3.05, 3.63) is 0 Å². The van der Waals surface area contributed by atoms with Crippen LogP contribution in [0.4, 0.5) is 4.39 Å². The summed E-state index contributed by atoms with van der Waals surface area (Å²) in [5, 5.41) is 8.43. The van der Waals surface area contributed by atoms with Gasteiger partial charge in [0.1, 0.15) is 6.17 Å². The Bertz CT molecular complexity index is 107. The highest BCUT2D eigenvalue weighted by molar-refractivity contribution is 4.66. The molecule has 0 unspecified atom stereocenters. The van der Waals surface area contributed by atoms with Crippen molar-refractivity contribution in [3.8, 4) is 0 Å². The van der Waals surface area contributed by atoms with Crippen molar-refractivity contribution in [2.75, 3.05) is 39.5 Å². The van der Waals surface area contributed by atoms with Crippen molar-refractivity contribution in [2.45, 2.75) is 6.17 Å². The molecule has 1 aliphatic heterocycles. The number of aliphatic hydroxyl groups is 1. The quantitative estimate of drug-likeness (QED) is 0.617. The van der Waals surface area contributed by atoms with Crippen LogP contribution in [0.1, 0.15) is 0 Å². The Hall–Kier alpha value is -0.190. The van der Waals surface area contributed by atoms with Gasteiger partial charge in [0.2, 0.25) is 0 Å². The Labute approximate surface area is 65.8 Å². The molecule has 0 spiro atoms. The van der Waals surface area contributed by atoms with Gasteiger partial charge in [0.05, 0.1) is 19.8 Å². The molecule has 1 aliphatic rings. The Morgan fingerprint density at radius 2 is 2.09 bits per heavy atom. The van der Waals surface area contributed by atoms with Gasteiger partial charge >= 0.3 is 0 Å². The van der Waals surface area contributed by atoms with Gasteiger partial charge in [-0.25, -0.2) is 4.39 Å². The molecule has 4 heteroatoms. The molecule has 0 saturated carbocycles. The van der Waals surface area contributed by atoms with Crippen LogP contribution in [0.5, 0.6) is 0 Å². The van der Waals surface area contributed by atoms with Gasteiger partial charge in [-0.05, 0) is 0 Å². The maximum Gasteiger partial charge on any atom is 0.136 e. The predicted molar refractivity (Wildman–Crippen MR) is 39.2 cm³/mol. The van der Waals surface area contributed by atoms with E-state index in [0.29, 0.717) is 19.8 Å². The standard InChI is InChI=1S/C7H14FNO2/c8-7(6-10)5-9-1-3-11-4-2-9/h7,10H,1-6H2/t7-/m1/s1. The van der Waals surface area contributed by atoms with E-state index in [9.17, 15) is 4.39 Å². The lowest BCUT2D eigenvalue weighted by molar-refractivity contribution is 0.0204. The smallest absolute Gasteiger partial charge is 0.136 e. The number of hydrogen-bond acceptors (Lipinski definition) is 3. The van der Waals surface area contributed by atoms with E-state index in [2.05, 4.69) is 0 Å². The third-order valence-electron chi connectivity index (χ3n) is 1.76. The molecule has 1 fully saturated rings. The second-order valence-electron chi connectivity index (χ2n) is 2.69. The van der Waals surface area contributed by atoms with Crippen LogP contribution in [0, 0.1) is 0 Å². The maximum atomic E-state index is 12.6. The van der Waals surface area contributed by atoms with Crippen molar-refractivity contribution in [1.82, 2.24) is 4.90 Å². The van der Waals surface area contributed by atoms with E-state index in [1.165, 1.54) is 0 Å². The highest BCUT2D eigenvalue weighted by atomic mass is 19.1. The SMILES string of the molecule is OC[C@H](F)CN1CCOCC1. The molecule has 0 aromatic heterocycles. The van der Waals surface area contributed by atoms with E-state index in [-0.39, 0.29) is 6.61 Å². The fourth-order valence-corrected chi connectivity index (χ4v) is 1.12. The largest absolute Gasteiger partial charge is 0.393 e. The van der Waals surface area contributed by atoms with E-state index >= 15 is 0 Å². The molecule has 0 aliphatic carbocycles. The summed E-state index contributed by atoms with van der Waals surface area (Å²) in [6.07, 6.45) is -1.10. The van der Waals surface area contributed by atoms with Gasteiger partial charge in [0, 0.05) is 19.6 Å². The van der Waals surface area contributed by atoms with E-state index < -0.39 is 6.17 Å². The topological polar surface area (TPSA) is 32.7 Å². The number of aliphatic hydroxyl groups excluding tert-OH is 1. The molecule has 3 nitrogen and oxygen atoms in total. The van der Waals surface area contributed by atoms with Crippen molar-refractivity contribution in [3.63, 3.8) is 0 Å². The highest BCUT2D eigenvalue weighted by Crippen LogP contribution is 2.00. The minimum Gasteiger partial charge on any atom is -0.393 e. The van der Waals surface area contributed by atoms with Gasteiger partial charge in [-0.1, -0.05) is 0 Å². The second-order valence-corrected chi connectivity index (χ2v) is 2.69. The molecule has 1 heterocycles. The van der Waals surface area contributed by atoms with E-state index in [1.54, 1.807) is 0 Å². The van der Waals surface area contributed by atoms with Crippen molar-refractivity contribution < 1.29 is 14.2 Å². The first-order chi connectivity index (χ1) is 5.33. The Balaban J connectivity index is 2.13. The molecule has 1 saturated heterocycles. The lowest BCUT2D eigenvalue weighted by Crippen LogP contribution is -2.40. The van der Waals surface area contributed by atoms with E-state index in [0.717, 1.165) is 13.1 Å². The van der Waals surface area contributed by atoms with E-state index in [4.69, 9.17) is 9.84 Å². The molecule has 0 aromatic rings. The lowest BCUT2D eigenvalue weighted by atomic mass is 10.3. The monoisotopic (exact) mass is 163 g/mol. The van der Waals surface area contributed by atoms with Gasteiger partial charge in [0.15, 0.2) is 0 Å². The van der Waals surface area contributed by atoms with Crippen LogP contribution in [0.15, 0.2) is 0 Å². The Kier molecular flexibility index (Phi) is 3.76. The summed E-state index contributed by atoms with van der Waals surface area (Å²) in [7, 11) is 0. The molecule has 66 valence electrons. The number of ether oxygens (including phenoxy) is 1. The van der Waals surface area contributed by atoms with Crippen LogP contribution in [-0.2, 0) is 4.74 Å². The summed E-state index contributed by atoms with van der Waals surface area (Å²) in [6.45, 7) is 2.87. The average molecular weight is 163 g/mol. The number of morpholine rings is 1. The molecular weight excluding hydrogens is 149 g/mol. The third kappa shape index (κ3) is 3.14. The van der Waals surface area contributed by atoms with Crippen LogP contribution in [0.3, 0.4) is 0 Å². The molecule has 1 N–H and O–H groups in total. The normalized spacial score (nSPS) is 23.5. The van der Waals surface area contributed by atoms with Gasteiger partial charge in [0.25, 0.3) is 0 Å². The molecule has 11 heavy (non-hydrogen) atoms. The number of hydrogen-bond donors (Lipinski definition) is 1. The van der Waals surface area contributed by atoms with Crippen LogP contribution >= 0.6 is 0 Å². The Morgan fingerprint density at radius 1 is 1.45 bits per heavy atom. The minimum absolute atomic E-state index is 0.333. The zero-order valence-electron chi connectivity index (χ0n) is 6.50. The zero-order chi connectivity index (χ0) is 8.10. The molecule has 0 radical (unpaired) electrons. The first kappa shape index (κ1) is 8.90. The summed E-state index contributed by atoms with van der Waals surface area (Å²) >= 11 is 0. The maximum absolute atomic E-state index is 12.6. The summed E-state index contributed by atoms with van der Waals surface area (Å²) < 4.78 is 17.7. The third-order valence-corrected chi connectivity index (χ3v) is 1.76. The minimum atomic E-state index is -1.10. The molecule has 0 amide bonds. The molecular formula is C7H14FNO2.